The van der Waals surface area contributed by atoms with Crippen LogP contribution >= 0.6 is 0 Å². The Labute approximate surface area is 98.9 Å². The molecule has 0 spiro atoms. The van der Waals surface area contributed by atoms with Crippen molar-refractivity contribution in [2.75, 3.05) is 0 Å². The fourth-order valence-electron chi connectivity index (χ4n) is 1.65. The zero-order valence-electron chi connectivity index (χ0n) is 9.30. The lowest BCUT2D eigenvalue weighted by molar-refractivity contribution is -0.139. The van der Waals surface area contributed by atoms with Crippen LogP contribution in [0.2, 0.25) is 0 Å². The van der Waals surface area contributed by atoms with Crippen molar-refractivity contribution in [3.63, 3.8) is 0 Å². The molecule has 0 bridgehead atoms. The summed E-state index contributed by atoms with van der Waals surface area (Å²) in [6.07, 6.45) is 5.63. The van der Waals surface area contributed by atoms with Gasteiger partial charge in [0.25, 0.3) is 5.91 Å². The van der Waals surface area contributed by atoms with Crippen molar-refractivity contribution in [3.05, 3.63) is 30.1 Å². The summed E-state index contributed by atoms with van der Waals surface area (Å²) in [4.78, 5) is 26.6. The molecule has 1 unspecified atom stereocenters. The molecule has 1 aromatic heterocycles. The summed E-state index contributed by atoms with van der Waals surface area (Å²) in [5.41, 5.74) is 0.384. The number of carboxylic acid groups (broad SMARTS) is 1. The van der Waals surface area contributed by atoms with E-state index in [0.29, 0.717) is 17.9 Å². The van der Waals surface area contributed by atoms with Crippen LogP contribution in [0.3, 0.4) is 0 Å². The normalized spacial score (nSPS) is 16.2. The minimum atomic E-state index is -0.978. The predicted octanol–water partition coefficient (Wildman–Crippen LogP) is 1.06. The van der Waals surface area contributed by atoms with E-state index < -0.39 is 12.0 Å². The first kappa shape index (κ1) is 11.6. The summed E-state index contributed by atoms with van der Waals surface area (Å²) >= 11 is 0. The number of pyridine rings is 1. The summed E-state index contributed by atoms with van der Waals surface area (Å²) in [5, 5.41) is 11.5. The summed E-state index contributed by atoms with van der Waals surface area (Å²) in [6, 6.07) is 2.46. The van der Waals surface area contributed by atoms with Gasteiger partial charge < -0.3 is 10.4 Å². The largest absolute Gasteiger partial charge is 0.480 e. The van der Waals surface area contributed by atoms with E-state index in [1.54, 1.807) is 18.3 Å². The van der Waals surface area contributed by atoms with Gasteiger partial charge in [0.1, 0.15) is 6.04 Å². The van der Waals surface area contributed by atoms with Crippen molar-refractivity contribution in [3.8, 4) is 0 Å². The standard InChI is InChI=1S/C12H14N2O3/c15-11(9-2-1-5-13-7-9)14-10(12(16)17)6-8-3-4-8/h1-2,5,7-8,10H,3-4,6H2,(H,14,15)(H,16,17). The highest BCUT2D eigenvalue weighted by atomic mass is 16.4. The lowest BCUT2D eigenvalue weighted by Gasteiger charge is -2.13. The lowest BCUT2D eigenvalue weighted by atomic mass is 10.1. The van der Waals surface area contributed by atoms with E-state index in [4.69, 9.17) is 5.11 Å². The topological polar surface area (TPSA) is 79.3 Å². The number of amides is 1. The van der Waals surface area contributed by atoms with Gasteiger partial charge in [-0.2, -0.15) is 0 Å². The first-order valence-corrected chi connectivity index (χ1v) is 5.60. The number of carbonyl (C=O) groups is 2. The molecule has 90 valence electrons. The molecular weight excluding hydrogens is 220 g/mol. The van der Waals surface area contributed by atoms with E-state index in [9.17, 15) is 9.59 Å². The van der Waals surface area contributed by atoms with Crippen LogP contribution in [0.15, 0.2) is 24.5 Å². The molecule has 0 saturated heterocycles. The molecule has 5 heteroatoms. The number of rotatable bonds is 5. The van der Waals surface area contributed by atoms with Gasteiger partial charge in [-0.05, 0) is 24.5 Å². The highest BCUT2D eigenvalue weighted by Crippen LogP contribution is 2.33. The SMILES string of the molecule is O=C(NC(CC1CC1)C(=O)O)c1cccnc1. The first-order valence-electron chi connectivity index (χ1n) is 5.60. The monoisotopic (exact) mass is 234 g/mol. The Morgan fingerprint density at radius 1 is 1.53 bits per heavy atom. The van der Waals surface area contributed by atoms with Gasteiger partial charge in [-0.1, -0.05) is 12.8 Å². The highest BCUT2D eigenvalue weighted by Gasteiger charge is 2.30. The van der Waals surface area contributed by atoms with E-state index in [0.717, 1.165) is 12.8 Å². The van der Waals surface area contributed by atoms with E-state index in [2.05, 4.69) is 10.3 Å². The van der Waals surface area contributed by atoms with Crippen LogP contribution in [0.5, 0.6) is 0 Å². The molecule has 5 nitrogen and oxygen atoms in total. The van der Waals surface area contributed by atoms with Crippen molar-refractivity contribution in [1.82, 2.24) is 10.3 Å². The molecule has 1 amide bonds. The van der Waals surface area contributed by atoms with E-state index in [1.165, 1.54) is 6.20 Å². The molecule has 1 atom stereocenters. The molecule has 2 rings (SSSR count). The van der Waals surface area contributed by atoms with Gasteiger partial charge >= 0.3 is 5.97 Å². The summed E-state index contributed by atoms with van der Waals surface area (Å²) < 4.78 is 0. The molecule has 1 aliphatic rings. The molecule has 0 radical (unpaired) electrons. The van der Waals surface area contributed by atoms with Gasteiger partial charge in [-0.15, -0.1) is 0 Å². The molecular formula is C12H14N2O3. The average molecular weight is 234 g/mol. The second-order valence-electron chi connectivity index (χ2n) is 4.29. The number of hydrogen-bond donors (Lipinski definition) is 2. The van der Waals surface area contributed by atoms with Gasteiger partial charge in [0, 0.05) is 12.4 Å². The maximum absolute atomic E-state index is 11.7. The zero-order chi connectivity index (χ0) is 12.3. The molecule has 1 saturated carbocycles. The third-order valence-electron chi connectivity index (χ3n) is 2.79. The van der Waals surface area contributed by atoms with Crippen LogP contribution in [0.25, 0.3) is 0 Å². The maximum Gasteiger partial charge on any atom is 0.326 e. The number of carboxylic acids is 1. The van der Waals surface area contributed by atoms with Crippen LogP contribution in [0, 0.1) is 5.92 Å². The fraction of sp³-hybridized carbons (Fsp3) is 0.417. The van der Waals surface area contributed by atoms with E-state index in [1.807, 2.05) is 0 Å². The Morgan fingerprint density at radius 2 is 2.29 bits per heavy atom. The molecule has 1 aliphatic carbocycles. The fourth-order valence-corrected chi connectivity index (χ4v) is 1.65. The molecule has 1 fully saturated rings. The van der Waals surface area contributed by atoms with Gasteiger partial charge in [0.15, 0.2) is 0 Å². The number of carbonyl (C=O) groups excluding carboxylic acids is 1. The van der Waals surface area contributed by atoms with Gasteiger partial charge in [0.05, 0.1) is 5.56 Å². The van der Waals surface area contributed by atoms with Gasteiger partial charge in [-0.3, -0.25) is 9.78 Å². The van der Waals surface area contributed by atoms with Gasteiger partial charge in [-0.25, -0.2) is 4.79 Å². The van der Waals surface area contributed by atoms with Crippen molar-refractivity contribution in [2.45, 2.75) is 25.3 Å². The molecule has 0 aromatic carbocycles. The average Bonchev–Trinajstić information content (AvgIpc) is 3.13. The second kappa shape index (κ2) is 4.95. The number of nitrogens with zero attached hydrogens (tertiary/aromatic N) is 1. The van der Waals surface area contributed by atoms with Crippen LogP contribution in [-0.4, -0.2) is 28.0 Å². The first-order chi connectivity index (χ1) is 8.16. The Balaban J connectivity index is 1.97. The summed E-state index contributed by atoms with van der Waals surface area (Å²) in [7, 11) is 0. The van der Waals surface area contributed by atoms with Crippen molar-refractivity contribution in [2.24, 2.45) is 5.92 Å². The minimum absolute atomic E-state index is 0.383. The Bertz CT molecular complexity index is 415. The van der Waals surface area contributed by atoms with Crippen molar-refractivity contribution in [1.29, 1.82) is 0 Å². The minimum Gasteiger partial charge on any atom is -0.480 e. The van der Waals surface area contributed by atoms with E-state index >= 15 is 0 Å². The van der Waals surface area contributed by atoms with Gasteiger partial charge in [0.2, 0.25) is 0 Å². The Morgan fingerprint density at radius 3 is 2.82 bits per heavy atom. The molecule has 0 aliphatic heterocycles. The molecule has 1 heterocycles. The highest BCUT2D eigenvalue weighted by molar-refractivity contribution is 5.96. The van der Waals surface area contributed by atoms with Crippen molar-refractivity contribution >= 4 is 11.9 Å². The summed E-state index contributed by atoms with van der Waals surface area (Å²) in [5.74, 6) is -0.911. The van der Waals surface area contributed by atoms with Crippen LogP contribution in [0.4, 0.5) is 0 Å². The quantitative estimate of drug-likeness (QED) is 0.798. The van der Waals surface area contributed by atoms with Crippen LogP contribution < -0.4 is 5.32 Å². The summed E-state index contributed by atoms with van der Waals surface area (Å²) in [6.45, 7) is 0. The maximum atomic E-state index is 11.7. The smallest absolute Gasteiger partial charge is 0.326 e. The molecule has 1 aromatic rings. The molecule has 2 N–H and O–H groups in total. The van der Waals surface area contributed by atoms with Crippen LogP contribution in [0.1, 0.15) is 29.6 Å². The predicted molar refractivity (Wildman–Crippen MR) is 60.5 cm³/mol. The van der Waals surface area contributed by atoms with E-state index in [-0.39, 0.29) is 5.91 Å². The second-order valence-corrected chi connectivity index (χ2v) is 4.29. The molecule has 17 heavy (non-hydrogen) atoms. The number of aromatic nitrogens is 1. The zero-order valence-corrected chi connectivity index (χ0v) is 9.30. The Kier molecular flexibility index (Phi) is 3.37. The number of hydrogen-bond acceptors (Lipinski definition) is 3. The van der Waals surface area contributed by atoms with Crippen LogP contribution in [-0.2, 0) is 4.79 Å². The van der Waals surface area contributed by atoms with Crippen molar-refractivity contribution < 1.29 is 14.7 Å². The Hall–Kier alpha value is -1.91. The lowest BCUT2D eigenvalue weighted by Crippen LogP contribution is -2.41. The number of aliphatic carboxylic acids is 1. The third-order valence-corrected chi connectivity index (χ3v) is 2.79. The third kappa shape index (κ3) is 3.27. The number of nitrogens with one attached hydrogen (secondary N) is 1.